The van der Waals surface area contributed by atoms with E-state index < -0.39 is 0 Å². The van der Waals surface area contributed by atoms with Gasteiger partial charge >= 0.3 is 12.0 Å². The maximum absolute atomic E-state index is 5.41. The van der Waals surface area contributed by atoms with E-state index in [4.69, 9.17) is 10.2 Å². The average molecular weight is 271 g/mol. The minimum Gasteiger partial charge on any atom is -0.390 e. The summed E-state index contributed by atoms with van der Waals surface area (Å²) < 4.78 is 5.15. The molecule has 2 unspecified atom stereocenters. The van der Waals surface area contributed by atoms with Gasteiger partial charge in [0.05, 0.1) is 0 Å². The molecule has 2 aromatic rings. The highest BCUT2D eigenvalue weighted by Crippen LogP contribution is 2.47. The number of rotatable bonds is 4. The van der Waals surface area contributed by atoms with Crippen LogP contribution in [-0.2, 0) is 6.54 Å². The lowest BCUT2D eigenvalue weighted by Gasteiger charge is -2.19. The summed E-state index contributed by atoms with van der Waals surface area (Å²) in [5.41, 5.74) is 6.79. The van der Waals surface area contributed by atoms with Gasteiger partial charge in [0.15, 0.2) is 0 Å². The highest BCUT2D eigenvalue weighted by atomic mass is 16.4. The van der Waals surface area contributed by atoms with Crippen LogP contribution in [0.25, 0.3) is 0 Å². The highest BCUT2D eigenvalue weighted by Gasteiger charge is 2.56. The van der Waals surface area contributed by atoms with E-state index in [-0.39, 0.29) is 6.01 Å². The molecule has 2 heterocycles. The second-order valence-corrected chi connectivity index (χ2v) is 5.62. The van der Waals surface area contributed by atoms with Crippen LogP contribution in [0.15, 0.2) is 34.7 Å². The Balaban J connectivity index is 1.31. The summed E-state index contributed by atoms with van der Waals surface area (Å²) in [5, 5.41) is 10.8. The highest BCUT2D eigenvalue weighted by molar-refractivity contribution is 5.31. The lowest BCUT2D eigenvalue weighted by Crippen LogP contribution is -2.27. The molecule has 0 bridgehead atoms. The van der Waals surface area contributed by atoms with Gasteiger partial charge in [0.1, 0.15) is 0 Å². The number of nitrogens with two attached hydrogens (primary N) is 1. The SMILES string of the molecule is Nc1nnc(NC2C3CN(Cc4ccccc4)CC32)o1. The molecule has 1 saturated carbocycles. The van der Waals surface area contributed by atoms with Crippen LogP contribution in [-0.4, -0.2) is 34.2 Å². The molecule has 1 saturated heterocycles. The van der Waals surface area contributed by atoms with Crippen LogP contribution < -0.4 is 11.1 Å². The van der Waals surface area contributed by atoms with Gasteiger partial charge in [0.2, 0.25) is 0 Å². The number of anilines is 2. The minimum atomic E-state index is 0.115. The number of likely N-dealkylation sites (tertiary alicyclic amines) is 1. The first kappa shape index (κ1) is 11.7. The van der Waals surface area contributed by atoms with Gasteiger partial charge in [-0.1, -0.05) is 40.5 Å². The van der Waals surface area contributed by atoms with Gasteiger partial charge in [-0.05, 0) is 17.4 Å². The first-order chi connectivity index (χ1) is 9.79. The Morgan fingerprint density at radius 1 is 1.20 bits per heavy atom. The maximum atomic E-state index is 5.41. The Labute approximate surface area is 117 Å². The first-order valence-electron chi connectivity index (χ1n) is 6.91. The molecule has 1 aliphatic carbocycles. The number of nitrogen functional groups attached to an aromatic ring is 1. The van der Waals surface area contributed by atoms with E-state index in [2.05, 4.69) is 50.7 Å². The largest absolute Gasteiger partial charge is 0.390 e. The zero-order valence-corrected chi connectivity index (χ0v) is 11.1. The zero-order chi connectivity index (χ0) is 13.5. The molecule has 1 aromatic carbocycles. The Hall–Kier alpha value is -2.08. The van der Waals surface area contributed by atoms with Gasteiger partial charge in [-0.3, -0.25) is 4.90 Å². The Morgan fingerprint density at radius 2 is 1.95 bits per heavy atom. The standard InChI is InChI=1S/C14H17N5O/c15-13-17-18-14(20-13)16-12-10-7-19(8-11(10)12)6-9-4-2-1-3-5-9/h1-5,10-12H,6-8H2,(H2,15,17)(H,16,18). The molecule has 3 N–H and O–H groups in total. The number of hydrogen-bond acceptors (Lipinski definition) is 6. The van der Waals surface area contributed by atoms with E-state index >= 15 is 0 Å². The van der Waals surface area contributed by atoms with Crippen molar-refractivity contribution in [1.29, 1.82) is 0 Å². The fourth-order valence-corrected chi connectivity index (χ4v) is 3.23. The van der Waals surface area contributed by atoms with Crippen molar-refractivity contribution in [1.82, 2.24) is 15.1 Å². The third-order valence-corrected chi connectivity index (χ3v) is 4.25. The average Bonchev–Trinajstić information content (AvgIpc) is 2.82. The third kappa shape index (κ3) is 2.12. The zero-order valence-electron chi connectivity index (χ0n) is 11.1. The summed E-state index contributed by atoms with van der Waals surface area (Å²) in [6, 6.07) is 11.6. The Kier molecular flexibility index (Phi) is 2.63. The molecule has 20 heavy (non-hydrogen) atoms. The van der Waals surface area contributed by atoms with Crippen molar-refractivity contribution in [2.75, 3.05) is 24.1 Å². The van der Waals surface area contributed by atoms with E-state index in [1.807, 2.05) is 0 Å². The van der Waals surface area contributed by atoms with E-state index in [0.717, 1.165) is 19.6 Å². The second-order valence-electron chi connectivity index (χ2n) is 5.62. The molecular weight excluding hydrogens is 254 g/mol. The fourth-order valence-electron chi connectivity index (χ4n) is 3.23. The van der Waals surface area contributed by atoms with Crippen molar-refractivity contribution in [2.24, 2.45) is 11.8 Å². The maximum Gasteiger partial charge on any atom is 0.317 e. The monoisotopic (exact) mass is 271 g/mol. The number of nitrogens with one attached hydrogen (secondary N) is 1. The van der Waals surface area contributed by atoms with E-state index in [0.29, 0.717) is 23.9 Å². The van der Waals surface area contributed by atoms with Crippen molar-refractivity contribution in [2.45, 2.75) is 12.6 Å². The summed E-state index contributed by atoms with van der Waals surface area (Å²) in [6.45, 7) is 3.29. The Morgan fingerprint density at radius 3 is 2.60 bits per heavy atom. The van der Waals surface area contributed by atoms with Crippen LogP contribution in [0.2, 0.25) is 0 Å². The number of nitrogens with zero attached hydrogens (tertiary/aromatic N) is 3. The molecular formula is C14H17N5O. The second kappa shape index (κ2) is 4.49. The van der Waals surface area contributed by atoms with Crippen molar-refractivity contribution in [3.63, 3.8) is 0 Å². The van der Waals surface area contributed by atoms with Crippen LogP contribution in [0.3, 0.4) is 0 Å². The quantitative estimate of drug-likeness (QED) is 0.869. The van der Waals surface area contributed by atoms with E-state index in [1.165, 1.54) is 5.56 Å². The first-order valence-corrected chi connectivity index (χ1v) is 6.91. The van der Waals surface area contributed by atoms with Crippen molar-refractivity contribution in [3.05, 3.63) is 35.9 Å². The summed E-state index contributed by atoms with van der Waals surface area (Å²) in [4.78, 5) is 2.50. The number of fused-ring (bicyclic) bond motifs is 1. The molecule has 2 atom stereocenters. The summed E-state index contributed by atoms with van der Waals surface area (Å²) in [6.07, 6.45) is 0. The minimum absolute atomic E-state index is 0.115. The molecule has 2 fully saturated rings. The summed E-state index contributed by atoms with van der Waals surface area (Å²) in [5.74, 6) is 1.37. The number of aromatic nitrogens is 2. The molecule has 6 nitrogen and oxygen atoms in total. The van der Waals surface area contributed by atoms with Gasteiger partial charge in [-0.2, -0.15) is 0 Å². The summed E-state index contributed by atoms with van der Waals surface area (Å²) >= 11 is 0. The molecule has 6 heteroatoms. The topological polar surface area (TPSA) is 80.2 Å². The smallest absolute Gasteiger partial charge is 0.317 e. The van der Waals surface area contributed by atoms with Gasteiger partial charge in [0.25, 0.3) is 0 Å². The molecule has 4 rings (SSSR count). The number of piperidine rings is 1. The molecule has 0 spiro atoms. The lowest BCUT2D eigenvalue weighted by atomic mass is 10.2. The number of benzene rings is 1. The van der Waals surface area contributed by atoms with Gasteiger partial charge in [-0.25, -0.2) is 0 Å². The van der Waals surface area contributed by atoms with E-state index in [1.54, 1.807) is 0 Å². The van der Waals surface area contributed by atoms with Gasteiger partial charge < -0.3 is 15.5 Å². The molecule has 0 amide bonds. The normalized spacial score (nSPS) is 28.3. The number of hydrogen-bond donors (Lipinski definition) is 2. The van der Waals surface area contributed by atoms with Crippen molar-refractivity contribution < 1.29 is 4.42 Å². The predicted octanol–water partition coefficient (Wildman–Crippen LogP) is 1.19. The molecule has 1 aliphatic heterocycles. The molecule has 0 radical (unpaired) electrons. The van der Waals surface area contributed by atoms with Crippen LogP contribution in [0.4, 0.5) is 12.0 Å². The fraction of sp³-hybridized carbons (Fsp3) is 0.429. The molecule has 1 aromatic heterocycles. The van der Waals surface area contributed by atoms with Crippen LogP contribution >= 0.6 is 0 Å². The summed E-state index contributed by atoms with van der Waals surface area (Å²) in [7, 11) is 0. The van der Waals surface area contributed by atoms with Crippen LogP contribution in [0.5, 0.6) is 0 Å². The molecule has 104 valence electrons. The van der Waals surface area contributed by atoms with Crippen molar-refractivity contribution in [3.8, 4) is 0 Å². The van der Waals surface area contributed by atoms with Crippen molar-refractivity contribution >= 4 is 12.0 Å². The predicted molar refractivity (Wildman–Crippen MR) is 74.8 cm³/mol. The molecule has 2 aliphatic rings. The van der Waals surface area contributed by atoms with Gasteiger partial charge in [0, 0.05) is 25.7 Å². The van der Waals surface area contributed by atoms with Crippen LogP contribution in [0, 0.1) is 11.8 Å². The van der Waals surface area contributed by atoms with Gasteiger partial charge in [-0.15, -0.1) is 0 Å². The van der Waals surface area contributed by atoms with E-state index in [9.17, 15) is 0 Å². The third-order valence-electron chi connectivity index (χ3n) is 4.25. The lowest BCUT2D eigenvalue weighted by molar-refractivity contribution is 0.292. The Bertz CT molecular complexity index is 587. The van der Waals surface area contributed by atoms with Crippen LogP contribution in [0.1, 0.15) is 5.56 Å².